The number of hydrogen-bond donors (Lipinski definition) is 8. The van der Waals surface area contributed by atoms with Crippen molar-refractivity contribution in [2.24, 2.45) is 21.7 Å². The molecule has 0 aromatic heterocycles. The third kappa shape index (κ3) is 21.0. The van der Waals surface area contributed by atoms with Gasteiger partial charge in [0.15, 0.2) is 0 Å². The maximum Gasteiger partial charge on any atom is 0.124 e. The van der Waals surface area contributed by atoms with E-state index in [1.54, 1.807) is 0 Å². The number of fused-ring (bicyclic) bond motifs is 8. The smallest absolute Gasteiger partial charge is 0.124 e. The Morgan fingerprint density at radius 1 is 0.298 bits per heavy atom. The number of nitrogens with one attached hydrogen (secondary N) is 4. The largest absolute Gasteiger partial charge is 0.507 e. The van der Waals surface area contributed by atoms with Crippen LogP contribution in [0.1, 0.15) is 205 Å². The number of benzene rings is 4. The third-order valence-corrected chi connectivity index (χ3v) is 16.8. The summed E-state index contributed by atoms with van der Waals surface area (Å²) in [5, 5.41) is 60.0. The number of aromatic hydroxyl groups is 4. The summed E-state index contributed by atoms with van der Waals surface area (Å²) < 4.78 is 0. The quantitative estimate of drug-likeness (QED) is 0.0850. The van der Waals surface area contributed by atoms with Gasteiger partial charge in [-0.25, -0.2) is 0 Å². The van der Waals surface area contributed by atoms with Crippen molar-refractivity contribution in [3.05, 3.63) is 115 Å². The van der Waals surface area contributed by atoms with E-state index in [0.717, 1.165) is 96.9 Å². The van der Waals surface area contributed by atoms with Crippen molar-refractivity contribution >= 4 is 0 Å². The molecule has 4 aromatic carbocycles. The van der Waals surface area contributed by atoms with E-state index in [0.29, 0.717) is 75.4 Å². The van der Waals surface area contributed by atoms with Crippen LogP contribution in [-0.4, -0.2) is 121 Å². The third-order valence-electron chi connectivity index (χ3n) is 16.8. The van der Waals surface area contributed by atoms with E-state index < -0.39 is 0 Å². The highest BCUT2D eigenvalue weighted by atomic mass is 16.3. The number of hydrogen-bond acceptors (Lipinski definition) is 12. The normalized spacial score (nSPS) is 20.3. The molecule has 12 heteroatoms. The molecule has 0 atom stereocenters. The van der Waals surface area contributed by atoms with Gasteiger partial charge in [0.1, 0.15) is 23.0 Å². The Labute approximate surface area is 512 Å². The van der Waals surface area contributed by atoms with Crippen molar-refractivity contribution in [3.8, 4) is 23.0 Å². The standard InChI is InChI=1S/C38H64N4O2.C34H56N4O2/c1-35(2,3)31-15-27-19-39(11)23-37(7,8)25-41(13)21-29-17-32(36(4,5)6)18-30(34(29)44)22-42(14)26-38(9,10)24-40(12)20-28(16-31)33(27)43;1-31(2,3)27-11-23-15-35-19-33(7,8)21-37-17-25-13-28(32(4,5)6)14-26(30(25)40)18-38-22-34(9,10)20-36-16-24(12-27)29(23)39/h15-18,43-44H,19-26H2,1-14H3;11-14,35-40H,15-22H2,1-10H3. The van der Waals surface area contributed by atoms with Gasteiger partial charge < -0.3 is 61.3 Å². The van der Waals surface area contributed by atoms with Gasteiger partial charge in [-0.3, -0.25) is 0 Å². The van der Waals surface area contributed by atoms with Gasteiger partial charge >= 0.3 is 0 Å². The van der Waals surface area contributed by atoms with Crippen molar-refractivity contribution in [1.82, 2.24) is 40.9 Å². The maximum atomic E-state index is 11.6. The van der Waals surface area contributed by atoms with Crippen LogP contribution in [0.5, 0.6) is 23.0 Å². The molecule has 8 N–H and O–H groups in total. The predicted molar refractivity (Wildman–Crippen MR) is 355 cm³/mol. The van der Waals surface area contributed by atoms with Gasteiger partial charge in [0.05, 0.1) is 0 Å². The van der Waals surface area contributed by atoms with Crippen LogP contribution in [0.2, 0.25) is 0 Å². The second kappa shape index (κ2) is 27.4. The van der Waals surface area contributed by atoms with E-state index in [2.05, 4.69) is 256 Å². The van der Waals surface area contributed by atoms with Crippen molar-refractivity contribution in [1.29, 1.82) is 0 Å². The second-order valence-electron chi connectivity index (χ2n) is 33.3. The number of nitrogens with zero attached hydrogens (tertiary/aromatic N) is 4. The van der Waals surface area contributed by atoms with E-state index in [-0.39, 0.29) is 43.3 Å². The van der Waals surface area contributed by atoms with Gasteiger partial charge in [-0.05, 0) is 93.8 Å². The molecule has 0 radical (unpaired) electrons. The molecule has 2 aliphatic rings. The van der Waals surface area contributed by atoms with Gasteiger partial charge in [-0.15, -0.1) is 0 Å². The molecule has 12 nitrogen and oxygen atoms in total. The molecule has 472 valence electrons. The highest BCUT2D eigenvalue weighted by Gasteiger charge is 2.30. The zero-order valence-electron chi connectivity index (χ0n) is 57.5. The molecule has 4 aromatic rings. The fourth-order valence-electron chi connectivity index (χ4n) is 12.5. The Bertz CT molecular complexity index is 2490. The Balaban J connectivity index is 0.000000309. The second-order valence-corrected chi connectivity index (χ2v) is 33.3. The summed E-state index contributed by atoms with van der Waals surface area (Å²) in [6.07, 6.45) is 0. The molecule has 2 heterocycles. The topological polar surface area (TPSA) is 142 Å². The van der Waals surface area contributed by atoms with Crippen molar-refractivity contribution in [3.63, 3.8) is 0 Å². The van der Waals surface area contributed by atoms with E-state index in [4.69, 9.17) is 0 Å². The summed E-state index contributed by atoms with van der Waals surface area (Å²) in [4.78, 5) is 9.37. The zero-order valence-corrected chi connectivity index (χ0v) is 57.5. The van der Waals surface area contributed by atoms with Crippen LogP contribution in [0.4, 0.5) is 0 Å². The Morgan fingerprint density at radius 2 is 0.464 bits per heavy atom. The van der Waals surface area contributed by atoms with Gasteiger partial charge in [0.2, 0.25) is 0 Å². The van der Waals surface area contributed by atoms with E-state index in [9.17, 15) is 20.4 Å². The minimum absolute atomic E-state index is 0.00345. The molecule has 0 aliphatic carbocycles. The predicted octanol–water partition coefficient (Wildman–Crippen LogP) is 13.0. The number of rotatable bonds is 0. The summed E-state index contributed by atoms with van der Waals surface area (Å²) in [5.41, 5.74) is 12.7. The average molecular weight is 1160 g/mol. The molecule has 6 rings (SSSR count). The van der Waals surface area contributed by atoms with Crippen LogP contribution in [0.3, 0.4) is 0 Å². The molecule has 0 spiro atoms. The summed E-state index contributed by atoms with van der Waals surface area (Å²) in [6.45, 7) is 56.9. The first-order valence-corrected chi connectivity index (χ1v) is 31.3. The molecule has 0 fully saturated rings. The van der Waals surface area contributed by atoms with E-state index in [1.807, 2.05) is 0 Å². The number of phenols is 4. The summed E-state index contributed by atoms with van der Waals surface area (Å²) >= 11 is 0. The molecule has 8 bridgehead atoms. The number of phenolic OH excluding ortho intramolecular Hbond substituents is 4. The minimum Gasteiger partial charge on any atom is -0.507 e. The van der Waals surface area contributed by atoms with Crippen LogP contribution in [-0.2, 0) is 74.0 Å². The summed E-state index contributed by atoms with van der Waals surface area (Å²) in [7, 11) is 8.64. The zero-order chi connectivity index (χ0) is 63.3. The van der Waals surface area contributed by atoms with Crippen LogP contribution < -0.4 is 21.3 Å². The van der Waals surface area contributed by atoms with Gasteiger partial charge in [-0.1, -0.05) is 187 Å². The van der Waals surface area contributed by atoms with Gasteiger partial charge in [-0.2, -0.15) is 0 Å². The summed E-state index contributed by atoms with van der Waals surface area (Å²) in [5.74, 6) is 1.63. The molecule has 0 unspecified atom stereocenters. The molecule has 0 saturated heterocycles. The lowest BCUT2D eigenvalue weighted by molar-refractivity contribution is 0.139. The van der Waals surface area contributed by atoms with Crippen LogP contribution >= 0.6 is 0 Å². The lowest BCUT2D eigenvalue weighted by Crippen LogP contribution is -2.40. The Morgan fingerprint density at radius 3 is 0.643 bits per heavy atom. The van der Waals surface area contributed by atoms with Gasteiger partial charge in [0, 0.05) is 149 Å². The molecular formula is C72H120N8O4. The molecular weight excluding hydrogens is 1040 g/mol. The first kappa shape index (κ1) is 70.5. The SMILES string of the molecule is CC1(C)CNCc2cc(C(C)(C)C)cc(c2O)CNCC(C)(C)CNCc2cc(C(C)(C)C)cc(c2O)CNC1.CN1Cc2cc(C(C)(C)C)cc(c2O)CN(C)CC(C)(C)CN(C)Cc2cc(C(C)(C)C)cc(c2O)CN(C)CC(C)(C)C1. The maximum absolute atomic E-state index is 11.6. The van der Waals surface area contributed by atoms with Crippen molar-refractivity contribution < 1.29 is 20.4 Å². The Hall–Kier alpha value is -4.24. The van der Waals surface area contributed by atoms with Crippen LogP contribution in [0, 0.1) is 21.7 Å². The Kier molecular flexibility index (Phi) is 23.0. The van der Waals surface area contributed by atoms with E-state index in [1.165, 1.54) is 22.3 Å². The molecule has 2 aliphatic heterocycles. The lowest BCUT2D eigenvalue weighted by atomic mass is 9.84. The fraction of sp³-hybridized carbons (Fsp3) is 0.667. The first-order chi connectivity index (χ1) is 38.3. The fourth-order valence-corrected chi connectivity index (χ4v) is 12.5. The minimum atomic E-state index is -0.0182. The van der Waals surface area contributed by atoms with Crippen LogP contribution in [0.25, 0.3) is 0 Å². The summed E-state index contributed by atoms with van der Waals surface area (Å²) in [6, 6.07) is 17.5. The highest BCUT2D eigenvalue weighted by molar-refractivity contribution is 5.49. The lowest BCUT2D eigenvalue weighted by Gasteiger charge is -2.36. The first-order valence-electron chi connectivity index (χ1n) is 31.3. The molecule has 84 heavy (non-hydrogen) atoms. The monoisotopic (exact) mass is 1160 g/mol. The van der Waals surface area contributed by atoms with Crippen LogP contribution in [0.15, 0.2) is 48.5 Å². The van der Waals surface area contributed by atoms with Crippen molar-refractivity contribution in [2.75, 3.05) is 80.5 Å². The molecule has 0 saturated carbocycles. The average Bonchev–Trinajstić information content (AvgIpc) is 3.47. The highest BCUT2D eigenvalue weighted by Crippen LogP contribution is 2.38. The van der Waals surface area contributed by atoms with Gasteiger partial charge in [0.25, 0.3) is 0 Å². The molecule has 0 amide bonds. The van der Waals surface area contributed by atoms with Crippen molar-refractivity contribution in [2.45, 2.75) is 212 Å². The van der Waals surface area contributed by atoms with E-state index >= 15 is 0 Å².